The van der Waals surface area contributed by atoms with E-state index in [9.17, 15) is 0 Å². The van der Waals surface area contributed by atoms with Crippen molar-refractivity contribution < 1.29 is 0 Å². The normalized spacial score (nSPS) is 37.1. The summed E-state index contributed by atoms with van der Waals surface area (Å²) in [6.07, 6.45) is 8.73. The zero-order chi connectivity index (χ0) is 14.5. The predicted molar refractivity (Wildman–Crippen MR) is 87.5 cm³/mol. The second kappa shape index (κ2) is 5.21. The lowest BCUT2D eigenvalue weighted by atomic mass is 9.59. The Morgan fingerprint density at radius 1 is 0.952 bits per heavy atom. The van der Waals surface area contributed by atoms with E-state index >= 15 is 0 Å². The summed E-state index contributed by atoms with van der Waals surface area (Å²) >= 11 is 0. The third-order valence-corrected chi connectivity index (χ3v) is 6.76. The van der Waals surface area contributed by atoms with Crippen LogP contribution in [-0.4, -0.2) is 61.2 Å². The van der Waals surface area contributed by atoms with Gasteiger partial charge in [-0.2, -0.15) is 0 Å². The lowest BCUT2D eigenvalue weighted by Gasteiger charge is -2.60. The first-order chi connectivity index (χ1) is 10.1. The van der Waals surface area contributed by atoms with Gasteiger partial charge in [0.15, 0.2) is 0 Å². The van der Waals surface area contributed by atoms with E-state index in [0.29, 0.717) is 5.41 Å². The van der Waals surface area contributed by atoms with Crippen LogP contribution in [0.15, 0.2) is 0 Å². The smallest absolute Gasteiger partial charge is 0.0221 e. The van der Waals surface area contributed by atoms with Crippen molar-refractivity contribution in [1.29, 1.82) is 0 Å². The summed E-state index contributed by atoms with van der Waals surface area (Å²) in [6.45, 7) is 12.7. The Morgan fingerprint density at radius 2 is 1.67 bits per heavy atom. The molecule has 0 aromatic carbocycles. The molecule has 3 heteroatoms. The first-order valence-electron chi connectivity index (χ1n) is 9.24. The van der Waals surface area contributed by atoms with E-state index in [1.54, 1.807) is 0 Å². The molecule has 21 heavy (non-hydrogen) atoms. The van der Waals surface area contributed by atoms with Gasteiger partial charge in [-0.05, 0) is 69.0 Å². The maximum Gasteiger partial charge on any atom is 0.0221 e. The molecule has 3 heterocycles. The molecule has 1 unspecified atom stereocenters. The Hall–Kier alpha value is -0.120. The van der Waals surface area contributed by atoms with Crippen LogP contribution in [0.25, 0.3) is 0 Å². The Labute approximate surface area is 130 Å². The van der Waals surface area contributed by atoms with Gasteiger partial charge in [0, 0.05) is 31.7 Å². The monoisotopic (exact) mass is 291 g/mol. The lowest BCUT2D eigenvalue weighted by molar-refractivity contribution is -0.105. The number of rotatable bonds is 2. The van der Waals surface area contributed by atoms with Crippen LogP contribution in [0.1, 0.15) is 52.4 Å². The number of nitrogens with zero attached hydrogens (tertiary/aromatic N) is 2. The summed E-state index contributed by atoms with van der Waals surface area (Å²) in [5.41, 5.74) is 1.34. The van der Waals surface area contributed by atoms with Crippen molar-refractivity contribution >= 4 is 0 Å². The van der Waals surface area contributed by atoms with Gasteiger partial charge >= 0.3 is 0 Å². The van der Waals surface area contributed by atoms with Crippen LogP contribution in [0.4, 0.5) is 0 Å². The van der Waals surface area contributed by atoms with Gasteiger partial charge in [-0.1, -0.05) is 13.8 Å². The fourth-order valence-corrected chi connectivity index (χ4v) is 5.43. The average molecular weight is 291 g/mol. The van der Waals surface area contributed by atoms with Crippen molar-refractivity contribution in [2.75, 3.05) is 39.3 Å². The zero-order valence-corrected chi connectivity index (χ0v) is 14.0. The summed E-state index contributed by atoms with van der Waals surface area (Å²) < 4.78 is 0. The zero-order valence-electron chi connectivity index (χ0n) is 14.0. The van der Waals surface area contributed by atoms with Crippen LogP contribution in [0.3, 0.4) is 0 Å². The molecule has 4 rings (SSSR count). The molecule has 120 valence electrons. The van der Waals surface area contributed by atoms with E-state index in [0.717, 1.165) is 17.5 Å². The minimum absolute atomic E-state index is 0.597. The second-order valence-corrected chi connectivity index (χ2v) is 9.17. The fourth-order valence-electron chi connectivity index (χ4n) is 5.43. The predicted octanol–water partition coefficient (Wildman–Crippen LogP) is 2.32. The third-order valence-electron chi connectivity index (χ3n) is 6.76. The van der Waals surface area contributed by atoms with Crippen molar-refractivity contribution in [1.82, 2.24) is 15.1 Å². The topological polar surface area (TPSA) is 18.5 Å². The Kier molecular flexibility index (Phi) is 3.59. The quantitative estimate of drug-likeness (QED) is 0.842. The molecule has 4 aliphatic rings. The molecular formula is C18H33N3. The highest BCUT2D eigenvalue weighted by Gasteiger charge is 2.51. The number of likely N-dealkylation sites (tertiary alicyclic amines) is 2. The van der Waals surface area contributed by atoms with E-state index in [2.05, 4.69) is 29.0 Å². The molecule has 3 saturated heterocycles. The van der Waals surface area contributed by atoms with Crippen LogP contribution >= 0.6 is 0 Å². The first-order valence-corrected chi connectivity index (χ1v) is 9.24. The molecule has 1 spiro atoms. The van der Waals surface area contributed by atoms with Crippen molar-refractivity contribution in [2.45, 2.75) is 64.5 Å². The van der Waals surface area contributed by atoms with Gasteiger partial charge in [0.2, 0.25) is 0 Å². The molecule has 1 N–H and O–H groups in total. The molecule has 1 aliphatic carbocycles. The van der Waals surface area contributed by atoms with Gasteiger partial charge in [0.25, 0.3) is 0 Å². The molecule has 0 bridgehead atoms. The third kappa shape index (κ3) is 2.77. The number of hydrogen-bond acceptors (Lipinski definition) is 3. The Balaban J connectivity index is 1.23. The van der Waals surface area contributed by atoms with E-state index < -0.39 is 0 Å². The van der Waals surface area contributed by atoms with E-state index in [1.807, 2.05) is 0 Å². The number of piperidine rings is 2. The van der Waals surface area contributed by atoms with Crippen molar-refractivity contribution in [3.63, 3.8) is 0 Å². The van der Waals surface area contributed by atoms with E-state index in [1.165, 1.54) is 77.8 Å². The molecule has 3 aliphatic heterocycles. The number of hydrogen-bond donors (Lipinski definition) is 1. The van der Waals surface area contributed by atoms with E-state index in [-0.39, 0.29) is 0 Å². The summed E-state index contributed by atoms with van der Waals surface area (Å²) in [6, 6.07) is 1.77. The SMILES string of the molecule is CC1(C)CN(C2CC3(CCN(C4CCCNC4)CC3)C2)C1. The Bertz CT molecular complexity index is 362. The summed E-state index contributed by atoms with van der Waals surface area (Å²) in [5, 5.41) is 3.58. The van der Waals surface area contributed by atoms with Crippen LogP contribution in [0, 0.1) is 10.8 Å². The van der Waals surface area contributed by atoms with Crippen molar-refractivity contribution in [3.8, 4) is 0 Å². The van der Waals surface area contributed by atoms with Gasteiger partial charge in [-0.15, -0.1) is 0 Å². The van der Waals surface area contributed by atoms with Gasteiger partial charge < -0.3 is 5.32 Å². The molecular weight excluding hydrogens is 258 g/mol. The fraction of sp³-hybridized carbons (Fsp3) is 1.00. The molecule has 3 nitrogen and oxygen atoms in total. The minimum Gasteiger partial charge on any atom is -0.315 e. The van der Waals surface area contributed by atoms with Crippen molar-refractivity contribution in [3.05, 3.63) is 0 Å². The van der Waals surface area contributed by atoms with E-state index in [4.69, 9.17) is 0 Å². The number of nitrogens with one attached hydrogen (secondary N) is 1. The summed E-state index contributed by atoms with van der Waals surface area (Å²) in [4.78, 5) is 5.54. The summed E-state index contributed by atoms with van der Waals surface area (Å²) in [7, 11) is 0. The summed E-state index contributed by atoms with van der Waals surface area (Å²) in [5.74, 6) is 0. The molecule has 0 amide bonds. The molecule has 4 fully saturated rings. The first kappa shape index (κ1) is 14.5. The van der Waals surface area contributed by atoms with Gasteiger partial charge in [0.05, 0.1) is 0 Å². The average Bonchev–Trinajstić information content (AvgIpc) is 2.43. The van der Waals surface area contributed by atoms with Crippen LogP contribution in [0.5, 0.6) is 0 Å². The maximum absolute atomic E-state index is 3.58. The molecule has 0 radical (unpaired) electrons. The lowest BCUT2D eigenvalue weighted by Crippen LogP contribution is -2.64. The highest BCUT2D eigenvalue weighted by molar-refractivity contribution is 5.05. The highest BCUT2D eigenvalue weighted by Crippen LogP contribution is 2.53. The van der Waals surface area contributed by atoms with Crippen LogP contribution in [-0.2, 0) is 0 Å². The van der Waals surface area contributed by atoms with Gasteiger partial charge in [-0.25, -0.2) is 0 Å². The van der Waals surface area contributed by atoms with Crippen LogP contribution < -0.4 is 5.32 Å². The minimum atomic E-state index is 0.597. The molecule has 1 atom stereocenters. The standard InChI is InChI=1S/C18H33N3/c1-17(2)13-21(14-17)16-10-18(11-16)5-8-20(9-6-18)15-4-3-7-19-12-15/h15-16,19H,3-14H2,1-2H3. The molecule has 0 aromatic heterocycles. The van der Waals surface area contributed by atoms with Gasteiger partial charge in [0.1, 0.15) is 0 Å². The molecule has 1 saturated carbocycles. The second-order valence-electron chi connectivity index (χ2n) is 9.17. The van der Waals surface area contributed by atoms with Crippen molar-refractivity contribution in [2.24, 2.45) is 10.8 Å². The molecule has 0 aromatic rings. The maximum atomic E-state index is 3.58. The highest BCUT2D eigenvalue weighted by atomic mass is 15.2. The largest absolute Gasteiger partial charge is 0.315 e. The van der Waals surface area contributed by atoms with Crippen LogP contribution in [0.2, 0.25) is 0 Å². The Morgan fingerprint density at radius 3 is 2.24 bits per heavy atom. The van der Waals surface area contributed by atoms with Gasteiger partial charge in [-0.3, -0.25) is 9.80 Å².